The van der Waals surface area contributed by atoms with Crippen molar-refractivity contribution < 1.29 is 9.53 Å². The van der Waals surface area contributed by atoms with Crippen molar-refractivity contribution in [2.24, 2.45) is 0 Å². The summed E-state index contributed by atoms with van der Waals surface area (Å²) < 4.78 is 6.37. The van der Waals surface area contributed by atoms with E-state index in [4.69, 9.17) is 4.74 Å². The van der Waals surface area contributed by atoms with Gasteiger partial charge in [0.15, 0.2) is 0 Å². The molecule has 0 radical (unpaired) electrons. The van der Waals surface area contributed by atoms with E-state index in [1.54, 1.807) is 13.8 Å². The average molecular weight is 356 g/mol. The smallest absolute Gasteiger partial charge is 0.328 e. The van der Waals surface area contributed by atoms with Gasteiger partial charge in [-0.1, -0.05) is 31.2 Å². The van der Waals surface area contributed by atoms with E-state index in [0.29, 0.717) is 10.2 Å². The highest BCUT2D eigenvalue weighted by Crippen LogP contribution is 2.31. The van der Waals surface area contributed by atoms with Crippen LogP contribution >= 0.6 is 11.3 Å². The number of fused-ring (bicyclic) bond motifs is 1. The highest BCUT2D eigenvalue weighted by Gasteiger charge is 2.21. The molecule has 0 saturated carbocycles. The van der Waals surface area contributed by atoms with Gasteiger partial charge in [-0.3, -0.25) is 9.36 Å². The minimum Gasteiger partial charge on any atom is -0.464 e. The summed E-state index contributed by atoms with van der Waals surface area (Å²) in [6.07, 6.45) is 2.39. The Morgan fingerprint density at radius 1 is 1.28 bits per heavy atom. The zero-order valence-corrected chi connectivity index (χ0v) is 15.3. The fourth-order valence-electron chi connectivity index (χ4n) is 2.73. The summed E-state index contributed by atoms with van der Waals surface area (Å²) >= 11 is 1.43. The van der Waals surface area contributed by atoms with Crippen molar-refractivity contribution in [2.45, 2.75) is 33.2 Å². The Hall–Kier alpha value is -2.47. The molecular weight excluding hydrogens is 336 g/mol. The van der Waals surface area contributed by atoms with Crippen LogP contribution in [0.1, 0.15) is 32.4 Å². The average Bonchev–Trinajstić information content (AvgIpc) is 3.07. The first-order chi connectivity index (χ1) is 12.1. The van der Waals surface area contributed by atoms with Gasteiger partial charge in [0.05, 0.1) is 18.3 Å². The van der Waals surface area contributed by atoms with Gasteiger partial charge in [0.2, 0.25) is 0 Å². The molecule has 0 aliphatic heterocycles. The molecule has 0 unspecified atom stereocenters. The van der Waals surface area contributed by atoms with Gasteiger partial charge in [0.25, 0.3) is 5.56 Å². The van der Waals surface area contributed by atoms with Crippen LogP contribution in [0.15, 0.2) is 40.8 Å². The lowest BCUT2D eigenvalue weighted by atomic mass is 10.0. The van der Waals surface area contributed by atoms with Gasteiger partial charge in [0.1, 0.15) is 10.9 Å². The van der Waals surface area contributed by atoms with Crippen LogP contribution in [-0.4, -0.2) is 22.1 Å². The van der Waals surface area contributed by atoms with Crippen molar-refractivity contribution in [3.63, 3.8) is 0 Å². The third-order valence-corrected chi connectivity index (χ3v) is 5.12. The first-order valence-corrected chi connectivity index (χ1v) is 9.19. The van der Waals surface area contributed by atoms with Crippen LogP contribution in [0.2, 0.25) is 0 Å². The summed E-state index contributed by atoms with van der Waals surface area (Å²) in [6.45, 7) is 5.77. The lowest BCUT2D eigenvalue weighted by Crippen LogP contribution is -2.29. The lowest BCUT2D eigenvalue weighted by Gasteiger charge is -2.13. The van der Waals surface area contributed by atoms with Crippen LogP contribution in [0, 0.1) is 0 Å². The second-order valence-electron chi connectivity index (χ2n) is 5.77. The Morgan fingerprint density at radius 2 is 2.00 bits per heavy atom. The standard InChI is InChI=1S/C19H20N2O3S/c1-4-13-6-8-14(9-7-13)15-10-25-17-16(15)18(22)21(11-20-17)12(3)19(23)24-5-2/h6-12H,4-5H2,1-3H3/t12-/m1/s1. The molecule has 2 heterocycles. The number of hydrogen-bond acceptors (Lipinski definition) is 5. The number of nitrogens with zero attached hydrogens (tertiary/aromatic N) is 2. The zero-order chi connectivity index (χ0) is 18.0. The zero-order valence-electron chi connectivity index (χ0n) is 14.5. The van der Waals surface area contributed by atoms with Crippen molar-refractivity contribution >= 4 is 27.5 Å². The van der Waals surface area contributed by atoms with E-state index in [0.717, 1.165) is 17.5 Å². The van der Waals surface area contributed by atoms with Crippen LogP contribution in [0.4, 0.5) is 0 Å². The lowest BCUT2D eigenvalue weighted by molar-refractivity contribution is -0.146. The summed E-state index contributed by atoms with van der Waals surface area (Å²) in [4.78, 5) is 30.0. The number of carbonyl (C=O) groups excluding carboxylic acids is 1. The first kappa shape index (κ1) is 17.4. The summed E-state index contributed by atoms with van der Waals surface area (Å²) in [6, 6.07) is 7.46. The maximum atomic E-state index is 13.0. The van der Waals surface area contributed by atoms with Crippen LogP contribution in [0.5, 0.6) is 0 Å². The summed E-state index contributed by atoms with van der Waals surface area (Å²) in [7, 11) is 0. The van der Waals surface area contributed by atoms with Gasteiger partial charge in [-0.2, -0.15) is 0 Å². The predicted octanol–water partition coefficient (Wildman–Crippen LogP) is 3.81. The maximum Gasteiger partial charge on any atom is 0.328 e. The van der Waals surface area contributed by atoms with E-state index >= 15 is 0 Å². The second kappa shape index (κ2) is 7.19. The molecule has 0 bridgehead atoms. The van der Waals surface area contributed by atoms with E-state index in [1.807, 2.05) is 17.5 Å². The molecule has 0 fully saturated rings. The van der Waals surface area contributed by atoms with E-state index in [-0.39, 0.29) is 12.2 Å². The van der Waals surface area contributed by atoms with Crippen molar-refractivity contribution in [2.75, 3.05) is 6.61 Å². The quantitative estimate of drug-likeness (QED) is 0.652. The molecule has 1 atom stereocenters. The van der Waals surface area contributed by atoms with Crippen LogP contribution in [-0.2, 0) is 16.0 Å². The van der Waals surface area contributed by atoms with Crippen molar-refractivity contribution in [3.8, 4) is 11.1 Å². The number of esters is 1. The Kier molecular flexibility index (Phi) is 4.99. The SMILES string of the molecule is CCOC(=O)[C@@H](C)n1cnc2scc(-c3ccc(CC)cc3)c2c1=O. The molecular formula is C19H20N2O3S. The normalized spacial score (nSPS) is 12.3. The molecule has 130 valence electrons. The molecule has 0 spiro atoms. The number of aryl methyl sites for hydroxylation is 1. The molecule has 2 aromatic heterocycles. The number of benzene rings is 1. The third kappa shape index (κ3) is 3.22. The molecule has 0 aliphatic carbocycles. The number of rotatable bonds is 5. The molecule has 0 saturated heterocycles. The van der Waals surface area contributed by atoms with Gasteiger partial charge < -0.3 is 4.74 Å². The number of aromatic nitrogens is 2. The molecule has 3 aromatic rings. The highest BCUT2D eigenvalue weighted by atomic mass is 32.1. The monoisotopic (exact) mass is 356 g/mol. The number of ether oxygens (including phenoxy) is 1. The van der Waals surface area contributed by atoms with Gasteiger partial charge >= 0.3 is 5.97 Å². The van der Waals surface area contributed by atoms with Crippen LogP contribution in [0.3, 0.4) is 0 Å². The summed E-state index contributed by atoms with van der Waals surface area (Å²) in [5, 5.41) is 2.49. The molecule has 5 nitrogen and oxygen atoms in total. The van der Waals surface area contributed by atoms with Crippen molar-refractivity contribution in [1.82, 2.24) is 9.55 Å². The fourth-order valence-corrected chi connectivity index (χ4v) is 3.64. The molecule has 0 aliphatic rings. The minimum atomic E-state index is -0.709. The van der Waals surface area contributed by atoms with E-state index < -0.39 is 12.0 Å². The van der Waals surface area contributed by atoms with E-state index in [9.17, 15) is 9.59 Å². The first-order valence-electron chi connectivity index (χ1n) is 8.31. The Bertz CT molecular complexity index is 957. The molecule has 3 rings (SSSR count). The van der Waals surface area contributed by atoms with E-state index in [1.165, 1.54) is 27.8 Å². The van der Waals surface area contributed by atoms with E-state index in [2.05, 4.69) is 24.0 Å². The summed E-state index contributed by atoms with van der Waals surface area (Å²) in [5.74, 6) is -0.435. The van der Waals surface area contributed by atoms with Crippen molar-refractivity contribution in [3.05, 3.63) is 51.9 Å². The molecule has 0 N–H and O–H groups in total. The minimum absolute atomic E-state index is 0.221. The summed E-state index contributed by atoms with van der Waals surface area (Å²) in [5.41, 5.74) is 2.85. The second-order valence-corrected chi connectivity index (χ2v) is 6.62. The Balaban J connectivity index is 2.11. The fraction of sp³-hybridized carbons (Fsp3) is 0.316. The Morgan fingerprint density at radius 3 is 2.64 bits per heavy atom. The molecule has 6 heteroatoms. The third-order valence-electron chi connectivity index (χ3n) is 4.24. The van der Waals surface area contributed by atoms with Gasteiger partial charge in [-0.15, -0.1) is 11.3 Å². The molecule has 1 aromatic carbocycles. The largest absolute Gasteiger partial charge is 0.464 e. The predicted molar refractivity (Wildman–Crippen MR) is 100 cm³/mol. The number of carbonyl (C=O) groups is 1. The number of thiophene rings is 1. The number of hydrogen-bond donors (Lipinski definition) is 0. The Labute approximate surface area is 149 Å². The van der Waals surface area contributed by atoms with Gasteiger partial charge in [-0.25, -0.2) is 9.78 Å². The topological polar surface area (TPSA) is 61.2 Å². The van der Waals surface area contributed by atoms with Crippen LogP contribution in [0.25, 0.3) is 21.3 Å². The molecule has 25 heavy (non-hydrogen) atoms. The maximum absolute atomic E-state index is 13.0. The highest BCUT2D eigenvalue weighted by molar-refractivity contribution is 7.17. The molecule has 0 amide bonds. The van der Waals surface area contributed by atoms with Gasteiger partial charge in [0, 0.05) is 10.9 Å². The van der Waals surface area contributed by atoms with Gasteiger partial charge in [-0.05, 0) is 31.4 Å². The van der Waals surface area contributed by atoms with Crippen molar-refractivity contribution in [1.29, 1.82) is 0 Å². The van der Waals surface area contributed by atoms with Crippen LogP contribution < -0.4 is 5.56 Å².